The third-order valence-electron chi connectivity index (χ3n) is 6.01. The van der Waals surface area contributed by atoms with Crippen molar-refractivity contribution in [3.63, 3.8) is 0 Å². The Morgan fingerprint density at radius 2 is 1.71 bits per heavy atom. The van der Waals surface area contributed by atoms with Gasteiger partial charge in [0.05, 0.1) is 24.1 Å². The van der Waals surface area contributed by atoms with E-state index in [2.05, 4.69) is 11.0 Å². The second-order valence-electron chi connectivity index (χ2n) is 8.24. The van der Waals surface area contributed by atoms with Gasteiger partial charge in [0, 0.05) is 45.7 Å². The van der Waals surface area contributed by atoms with Crippen molar-refractivity contribution >= 4 is 17.5 Å². The number of benzene rings is 2. The zero-order chi connectivity index (χ0) is 23.8. The molecular formula is C27H31N3O4. The second-order valence-corrected chi connectivity index (χ2v) is 8.24. The van der Waals surface area contributed by atoms with Crippen LogP contribution in [0.2, 0.25) is 0 Å². The summed E-state index contributed by atoms with van der Waals surface area (Å²) in [5, 5.41) is 0. The summed E-state index contributed by atoms with van der Waals surface area (Å²) in [7, 11) is 0. The Kier molecular flexibility index (Phi) is 7.86. The number of piperazine rings is 1. The van der Waals surface area contributed by atoms with E-state index in [-0.39, 0.29) is 18.2 Å². The maximum Gasteiger partial charge on any atom is 0.257 e. The van der Waals surface area contributed by atoms with Gasteiger partial charge in [-0.25, -0.2) is 0 Å². The van der Waals surface area contributed by atoms with Crippen LogP contribution >= 0.6 is 0 Å². The zero-order valence-corrected chi connectivity index (χ0v) is 19.6. The van der Waals surface area contributed by atoms with E-state index in [9.17, 15) is 9.59 Å². The van der Waals surface area contributed by atoms with Crippen LogP contribution in [0.1, 0.15) is 29.3 Å². The first-order valence-electron chi connectivity index (χ1n) is 11.8. The molecule has 0 bridgehead atoms. The van der Waals surface area contributed by atoms with Crippen LogP contribution in [-0.4, -0.2) is 60.9 Å². The molecule has 0 N–H and O–H groups in total. The molecule has 2 heterocycles. The predicted molar refractivity (Wildman–Crippen MR) is 131 cm³/mol. The van der Waals surface area contributed by atoms with E-state index in [1.807, 2.05) is 60.4 Å². The molecule has 4 rings (SSSR count). The van der Waals surface area contributed by atoms with E-state index in [1.54, 1.807) is 11.0 Å². The number of hydrogen-bond acceptors (Lipinski definition) is 5. The van der Waals surface area contributed by atoms with Crippen LogP contribution in [0.25, 0.3) is 0 Å². The summed E-state index contributed by atoms with van der Waals surface area (Å²) in [4.78, 5) is 31.9. The summed E-state index contributed by atoms with van der Waals surface area (Å²) in [6.45, 7) is 6.18. The first kappa shape index (κ1) is 23.4. The van der Waals surface area contributed by atoms with Crippen LogP contribution in [0.15, 0.2) is 77.6 Å². The Labute approximate surface area is 200 Å². The number of rotatable bonds is 9. The van der Waals surface area contributed by atoms with Crippen LogP contribution < -0.4 is 9.64 Å². The normalized spacial score (nSPS) is 13.6. The van der Waals surface area contributed by atoms with E-state index >= 15 is 0 Å². The maximum absolute atomic E-state index is 13.0. The first-order chi connectivity index (χ1) is 16.7. The summed E-state index contributed by atoms with van der Waals surface area (Å²) in [5.41, 5.74) is 2.58. The Bertz CT molecular complexity index is 1060. The van der Waals surface area contributed by atoms with Crippen LogP contribution in [0, 0.1) is 0 Å². The SMILES string of the molecule is CCOc1ccccc1N1CCN(C(=O)CCN(Cc2ccccc2)C(=O)c2ccoc2)CC1. The fourth-order valence-electron chi connectivity index (χ4n) is 4.21. The van der Waals surface area contributed by atoms with Crippen molar-refractivity contribution in [2.24, 2.45) is 0 Å². The average Bonchev–Trinajstić information content (AvgIpc) is 3.42. The van der Waals surface area contributed by atoms with Gasteiger partial charge >= 0.3 is 0 Å². The van der Waals surface area contributed by atoms with Gasteiger partial charge in [0.1, 0.15) is 12.0 Å². The largest absolute Gasteiger partial charge is 0.492 e. The van der Waals surface area contributed by atoms with E-state index in [0.717, 1.165) is 30.1 Å². The Morgan fingerprint density at radius 3 is 2.41 bits per heavy atom. The Morgan fingerprint density at radius 1 is 0.971 bits per heavy atom. The van der Waals surface area contributed by atoms with Gasteiger partial charge in [-0.05, 0) is 30.7 Å². The van der Waals surface area contributed by atoms with Crippen LogP contribution in [0.4, 0.5) is 5.69 Å². The van der Waals surface area contributed by atoms with Gasteiger partial charge in [0.15, 0.2) is 0 Å². The van der Waals surface area contributed by atoms with Crippen molar-refractivity contribution in [1.82, 2.24) is 9.80 Å². The molecule has 1 aliphatic rings. The Hall–Kier alpha value is -3.74. The molecule has 7 nitrogen and oxygen atoms in total. The van der Waals surface area contributed by atoms with Gasteiger partial charge in [-0.3, -0.25) is 9.59 Å². The van der Waals surface area contributed by atoms with E-state index in [0.29, 0.717) is 38.3 Å². The fourth-order valence-corrected chi connectivity index (χ4v) is 4.21. The molecule has 0 atom stereocenters. The van der Waals surface area contributed by atoms with Gasteiger partial charge in [-0.1, -0.05) is 42.5 Å². The molecule has 1 fully saturated rings. The van der Waals surface area contributed by atoms with Crippen LogP contribution in [0.5, 0.6) is 5.75 Å². The summed E-state index contributed by atoms with van der Waals surface area (Å²) in [6.07, 6.45) is 3.22. The number of ether oxygens (including phenoxy) is 1. The molecule has 7 heteroatoms. The zero-order valence-electron chi connectivity index (χ0n) is 19.6. The third-order valence-corrected chi connectivity index (χ3v) is 6.01. The van der Waals surface area contributed by atoms with E-state index in [1.165, 1.54) is 12.5 Å². The van der Waals surface area contributed by atoms with Crippen molar-refractivity contribution < 1.29 is 18.7 Å². The van der Waals surface area contributed by atoms with Gasteiger partial charge < -0.3 is 23.9 Å². The molecule has 1 saturated heterocycles. The summed E-state index contributed by atoms with van der Waals surface area (Å²) in [6, 6.07) is 19.5. The van der Waals surface area contributed by atoms with Crippen molar-refractivity contribution in [1.29, 1.82) is 0 Å². The number of anilines is 1. The number of para-hydroxylation sites is 2. The number of furan rings is 1. The number of carbonyl (C=O) groups is 2. The fraction of sp³-hybridized carbons (Fsp3) is 0.333. The molecule has 1 aliphatic heterocycles. The molecule has 2 aromatic carbocycles. The average molecular weight is 462 g/mol. The highest BCUT2D eigenvalue weighted by atomic mass is 16.5. The first-order valence-corrected chi connectivity index (χ1v) is 11.8. The van der Waals surface area contributed by atoms with Crippen molar-refractivity contribution in [3.05, 3.63) is 84.3 Å². The lowest BCUT2D eigenvalue weighted by atomic mass is 10.1. The molecular weight excluding hydrogens is 430 g/mol. The van der Waals surface area contributed by atoms with Crippen molar-refractivity contribution in [2.75, 3.05) is 44.2 Å². The lowest BCUT2D eigenvalue weighted by molar-refractivity contribution is -0.131. The highest BCUT2D eigenvalue weighted by Gasteiger charge is 2.24. The second kappa shape index (κ2) is 11.4. The molecule has 0 unspecified atom stereocenters. The number of hydrogen-bond donors (Lipinski definition) is 0. The molecule has 0 saturated carbocycles. The van der Waals surface area contributed by atoms with Gasteiger partial charge in [0.25, 0.3) is 5.91 Å². The lowest BCUT2D eigenvalue weighted by Gasteiger charge is -2.37. The standard InChI is InChI=1S/C27H31N3O4/c1-2-34-25-11-7-6-10-24(25)28-15-17-29(18-16-28)26(31)12-14-30(20-22-8-4-3-5-9-22)27(32)23-13-19-33-21-23/h3-11,13,19,21H,2,12,14-18,20H2,1H3. The number of amides is 2. The topological polar surface area (TPSA) is 66.2 Å². The minimum absolute atomic E-state index is 0.0656. The quantitative estimate of drug-likeness (QED) is 0.481. The number of carbonyl (C=O) groups excluding carboxylic acids is 2. The molecule has 0 radical (unpaired) electrons. The summed E-state index contributed by atoms with van der Waals surface area (Å²) >= 11 is 0. The lowest BCUT2D eigenvalue weighted by Crippen LogP contribution is -2.49. The molecule has 1 aromatic heterocycles. The van der Waals surface area contributed by atoms with E-state index in [4.69, 9.17) is 9.15 Å². The Balaban J connectivity index is 1.34. The van der Waals surface area contributed by atoms with Gasteiger partial charge in [-0.2, -0.15) is 0 Å². The predicted octanol–water partition coefficient (Wildman–Crippen LogP) is 4.06. The van der Waals surface area contributed by atoms with E-state index < -0.39 is 0 Å². The maximum atomic E-state index is 13.0. The summed E-state index contributed by atoms with van der Waals surface area (Å²) < 4.78 is 10.9. The highest BCUT2D eigenvalue weighted by Crippen LogP contribution is 2.29. The molecule has 3 aromatic rings. The van der Waals surface area contributed by atoms with Gasteiger partial charge in [0.2, 0.25) is 5.91 Å². The molecule has 34 heavy (non-hydrogen) atoms. The third kappa shape index (κ3) is 5.78. The monoisotopic (exact) mass is 461 g/mol. The van der Waals surface area contributed by atoms with Crippen LogP contribution in [-0.2, 0) is 11.3 Å². The summed E-state index contributed by atoms with van der Waals surface area (Å²) in [5.74, 6) is 0.803. The smallest absolute Gasteiger partial charge is 0.257 e. The van der Waals surface area contributed by atoms with Crippen LogP contribution in [0.3, 0.4) is 0 Å². The minimum Gasteiger partial charge on any atom is -0.492 e. The minimum atomic E-state index is -0.136. The molecule has 178 valence electrons. The van der Waals surface area contributed by atoms with Crippen molar-refractivity contribution in [2.45, 2.75) is 19.9 Å². The molecule has 0 spiro atoms. The molecule has 0 aliphatic carbocycles. The van der Waals surface area contributed by atoms with Crippen molar-refractivity contribution in [3.8, 4) is 5.75 Å². The highest BCUT2D eigenvalue weighted by molar-refractivity contribution is 5.94. The van der Waals surface area contributed by atoms with Gasteiger partial charge in [-0.15, -0.1) is 0 Å². The molecule has 2 amide bonds. The number of nitrogens with zero attached hydrogens (tertiary/aromatic N) is 3.